The van der Waals surface area contributed by atoms with Gasteiger partial charge in [-0.2, -0.15) is 0 Å². The lowest BCUT2D eigenvalue weighted by molar-refractivity contribution is 0.405. The fourth-order valence-electron chi connectivity index (χ4n) is 3.29. The average Bonchev–Trinajstić information content (AvgIpc) is 2.51. The molecule has 1 aliphatic carbocycles. The zero-order valence-electron chi connectivity index (χ0n) is 12.3. The molecule has 0 aliphatic heterocycles. The molecule has 1 aliphatic rings. The summed E-state index contributed by atoms with van der Waals surface area (Å²) in [6.07, 6.45) is 5.14. The van der Waals surface area contributed by atoms with Gasteiger partial charge < -0.3 is 5.32 Å². The quantitative estimate of drug-likeness (QED) is 0.765. The van der Waals surface area contributed by atoms with E-state index in [0.29, 0.717) is 12.0 Å². The number of hydrogen-bond acceptors (Lipinski definition) is 2. The summed E-state index contributed by atoms with van der Waals surface area (Å²) in [5.74, 6) is 0.600. The van der Waals surface area contributed by atoms with Crippen molar-refractivity contribution in [2.75, 3.05) is 5.32 Å². The number of pyridine rings is 1. The number of anilines is 1. The Morgan fingerprint density at radius 3 is 2.57 bits per heavy atom. The van der Waals surface area contributed by atoms with Crippen molar-refractivity contribution in [3.05, 3.63) is 58.3 Å². The van der Waals surface area contributed by atoms with E-state index in [1.54, 1.807) is 0 Å². The molecule has 1 aromatic heterocycles. The number of aryl methyl sites for hydroxylation is 1. The van der Waals surface area contributed by atoms with Crippen LogP contribution in [-0.4, -0.2) is 11.0 Å². The Morgan fingerprint density at radius 1 is 1.05 bits per heavy atom. The van der Waals surface area contributed by atoms with E-state index in [1.165, 1.54) is 31.2 Å². The lowest BCUT2D eigenvalue weighted by Crippen LogP contribution is -2.31. The normalized spacial score (nSPS) is 22.0. The van der Waals surface area contributed by atoms with Crippen LogP contribution in [0.4, 0.5) is 5.69 Å². The van der Waals surface area contributed by atoms with Gasteiger partial charge >= 0.3 is 0 Å². The summed E-state index contributed by atoms with van der Waals surface area (Å²) in [5.41, 5.74) is 3.67. The number of nitrogens with zero attached hydrogens (tertiary/aromatic N) is 1. The molecule has 0 bridgehead atoms. The zero-order chi connectivity index (χ0) is 14.7. The van der Waals surface area contributed by atoms with Gasteiger partial charge in [-0.3, -0.25) is 0 Å². The number of nitrogens with one attached hydrogen (secondary N) is 1. The lowest BCUT2D eigenvalue weighted by Gasteiger charge is -2.33. The largest absolute Gasteiger partial charge is 0.380 e. The molecule has 2 aromatic rings. The van der Waals surface area contributed by atoms with Gasteiger partial charge in [-0.1, -0.05) is 43.2 Å². The summed E-state index contributed by atoms with van der Waals surface area (Å²) < 4.78 is 0.897. The van der Waals surface area contributed by atoms with Gasteiger partial charge in [0.1, 0.15) is 4.60 Å². The zero-order valence-corrected chi connectivity index (χ0v) is 13.9. The second kappa shape index (κ2) is 6.61. The second-order valence-electron chi connectivity index (χ2n) is 5.82. The highest BCUT2D eigenvalue weighted by Gasteiger charge is 2.26. The molecule has 1 heterocycles. The van der Waals surface area contributed by atoms with Crippen LogP contribution in [0.5, 0.6) is 0 Å². The van der Waals surface area contributed by atoms with Gasteiger partial charge in [0.25, 0.3) is 0 Å². The molecule has 0 spiro atoms. The van der Waals surface area contributed by atoms with E-state index in [9.17, 15) is 0 Å². The van der Waals surface area contributed by atoms with Gasteiger partial charge in [-0.25, -0.2) is 4.98 Å². The molecule has 1 saturated carbocycles. The van der Waals surface area contributed by atoms with Crippen LogP contribution in [0.25, 0.3) is 0 Å². The first kappa shape index (κ1) is 14.6. The van der Waals surface area contributed by atoms with Crippen molar-refractivity contribution in [1.82, 2.24) is 4.98 Å². The van der Waals surface area contributed by atoms with E-state index >= 15 is 0 Å². The van der Waals surface area contributed by atoms with Gasteiger partial charge in [-0.15, -0.1) is 0 Å². The Balaban J connectivity index is 1.81. The standard InChI is InChI=1S/C18H21BrN2/c1-13-16(11-12-18(19)20-13)21-17-10-6-5-9-15(17)14-7-3-2-4-8-14/h2-4,7-8,11-12,15,17,21H,5-6,9-10H2,1H3. The van der Waals surface area contributed by atoms with Gasteiger partial charge in [0, 0.05) is 12.0 Å². The predicted molar refractivity (Wildman–Crippen MR) is 91.7 cm³/mol. The van der Waals surface area contributed by atoms with E-state index in [2.05, 4.69) is 69.6 Å². The first-order chi connectivity index (χ1) is 10.2. The molecule has 1 aromatic carbocycles. The fraction of sp³-hybridized carbons (Fsp3) is 0.389. The van der Waals surface area contributed by atoms with Gasteiger partial charge in [-0.05, 0) is 53.4 Å². The van der Waals surface area contributed by atoms with Crippen LogP contribution in [0.3, 0.4) is 0 Å². The molecule has 0 radical (unpaired) electrons. The molecule has 2 nitrogen and oxygen atoms in total. The van der Waals surface area contributed by atoms with Crippen LogP contribution in [-0.2, 0) is 0 Å². The number of aromatic nitrogens is 1. The van der Waals surface area contributed by atoms with Gasteiger partial charge in [0.15, 0.2) is 0 Å². The number of hydrogen-bond donors (Lipinski definition) is 1. The number of rotatable bonds is 3. The van der Waals surface area contributed by atoms with Crippen LogP contribution in [0.15, 0.2) is 47.1 Å². The third-order valence-corrected chi connectivity index (χ3v) is 4.83. The minimum Gasteiger partial charge on any atom is -0.380 e. The van der Waals surface area contributed by atoms with Crippen LogP contribution >= 0.6 is 15.9 Å². The first-order valence-corrected chi connectivity index (χ1v) is 8.48. The molecular weight excluding hydrogens is 324 g/mol. The Labute approximate surface area is 135 Å². The lowest BCUT2D eigenvalue weighted by atomic mass is 9.80. The van der Waals surface area contributed by atoms with Crippen LogP contribution < -0.4 is 5.32 Å². The van der Waals surface area contributed by atoms with Crippen molar-refractivity contribution in [2.24, 2.45) is 0 Å². The Bertz CT molecular complexity index is 597. The number of halogens is 1. The molecule has 1 N–H and O–H groups in total. The van der Waals surface area contributed by atoms with Crippen molar-refractivity contribution in [2.45, 2.75) is 44.6 Å². The van der Waals surface area contributed by atoms with Crippen molar-refractivity contribution in [1.29, 1.82) is 0 Å². The van der Waals surface area contributed by atoms with E-state index in [1.807, 2.05) is 6.07 Å². The van der Waals surface area contributed by atoms with E-state index in [4.69, 9.17) is 0 Å². The van der Waals surface area contributed by atoms with E-state index < -0.39 is 0 Å². The summed E-state index contributed by atoms with van der Waals surface area (Å²) in [6.45, 7) is 2.06. The third-order valence-electron chi connectivity index (χ3n) is 4.39. The summed E-state index contributed by atoms with van der Waals surface area (Å²) in [5, 5.41) is 3.74. The maximum atomic E-state index is 4.49. The fourth-order valence-corrected chi connectivity index (χ4v) is 3.68. The maximum Gasteiger partial charge on any atom is 0.106 e. The highest BCUT2D eigenvalue weighted by atomic mass is 79.9. The minimum absolute atomic E-state index is 0.503. The second-order valence-corrected chi connectivity index (χ2v) is 6.63. The molecule has 0 amide bonds. The summed E-state index contributed by atoms with van der Waals surface area (Å²) in [4.78, 5) is 4.49. The minimum atomic E-state index is 0.503. The smallest absolute Gasteiger partial charge is 0.106 e. The molecule has 21 heavy (non-hydrogen) atoms. The van der Waals surface area contributed by atoms with E-state index in [-0.39, 0.29) is 0 Å². The molecule has 2 unspecified atom stereocenters. The number of benzene rings is 1. The van der Waals surface area contributed by atoms with Crippen molar-refractivity contribution in [3.8, 4) is 0 Å². The van der Waals surface area contributed by atoms with Crippen molar-refractivity contribution < 1.29 is 0 Å². The predicted octanol–water partition coefficient (Wildman–Crippen LogP) is 5.29. The van der Waals surface area contributed by atoms with Crippen molar-refractivity contribution in [3.63, 3.8) is 0 Å². The Hall–Kier alpha value is -1.35. The molecule has 1 fully saturated rings. The third kappa shape index (κ3) is 3.46. The van der Waals surface area contributed by atoms with Crippen LogP contribution in [0.1, 0.15) is 42.9 Å². The highest BCUT2D eigenvalue weighted by molar-refractivity contribution is 9.10. The molecule has 0 saturated heterocycles. The SMILES string of the molecule is Cc1nc(Br)ccc1NC1CCCCC1c1ccccc1. The van der Waals surface area contributed by atoms with Crippen molar-refractivity contribution >= 4 is 21.6 Å². The maximum absolute atomic E-state index is 4.49. The topological polar surface area (TPSA) is 24.9 Å². The van der Waals surface area contributed by atoms with Crippen LogP contribution in [0, 0.1) is 6.92 Å². The summed E-state index contributed by atoms with van der Waals surface area (Å²) in [7, 11) is 0. The molecule has 110 valence electrons. The summed E-state index contributed by atoms with van der Waals surface area (Å²) in [6, 6.07) is 15.6. The van der Waals surface area contributed by atoms with Crippen LogP contribution in [0.2, 0.25) is 0 Å². The average molecular weight is 345 g/mol. The monoisotopic (exact) mass is 344 g/mol. The molecular formula is C18H21BrN2. The Kier molecular flexibility index (Phi) is 4.59. The molecule has 3 rings (SSSR count). The molecule has 3 heteroatoms. The van der Waals surface area contributed by atoms with E-state index in [0.717, 1.165) is 16.0 Å². The summed E-state index contributed by atoms with van der Waals surface area (Å²) >= 11 is 3.43. The van der Waals surface area contributed by atoms with Gasteiger partial charge in [0.05, 0.1) is 11.4 Å². The van der Waals surface area contributed by atoms with Gasteiger partial charge in [0.2, 0.25) is 0 Å². The highest BCUT2D eigenvalue weighted by Crippen LogP contribution is 2.35. The molecule has 2 atom stereocenters. The first-order valence-electron chi connectivity index (χ1n) is 7.68. The Morgan fingerprint density at radius 2 is 1.81 bits per heavy atom.